The van der Waals surface area contributed by atoms with Crippen LogP contribution >= 0.6 is 0 Å². The van der Waals surface area contributed by atoms with Crippen molar-refractivity contribution >= 4 is 11.6 Å². The summed E-state index contributed by atoms with van der Waals surface area (Å²) in [6, 6.07) is 10.9. The van der Waals surface area contributed by atoms with Crippen molar-refractivity contribution in [2.24, 2.45) is 0 Å². The number of amides is 1. The molecule has 0 atom stereocenters. The molecule has 0 saturated carbocycles. The van der Waals surface area contributed by atoms with Crippen LogP contribution in [0.3, 0.4) is 0 Å². The van der Waals surface area contributed by atoms with E-state index in [2.05, 4.69) is 45.4 Å². The van der Waals surface area contributed by atoms with E-state index in [1.165, 1.54) is 50.9 Å². The van der Waals surface area contributed by atoms with E-state index in [-0.39, 0.29) is 5.91 Å². The number of para-hydroxylation sites is 1. The van der Waals surface area contributed by atoms with Crippen molar-refractivity contribution in [2.75, 3.05) is 37.6 Å². The van der Waals surface area contributed by atoms with E-state index in [0.29, 0.717) is 12.5 Å². The van der Waals surface area contributed by atoms with Crippen LogP contribution in [-0.4, -0.2) is 49.6 Å². The number of hydrogen-bond acceptors (Lipinski definition) is 3. The Balaban J connectivity index is 1.35. The number of hydrogen-bond donors (Lipinski definition) is 1. The van der Waals surface area contributed by atoms with Crippen LogP contribution in [0.2, 0.25) is 0 Å². The number of nitrogens with one attached hydrogen (secondary N) is 1. The van der Waals surface area contributed by atoms with Gasteiger partial charge in [0, 0.05) is 37.8 Å². The van der Waals surface area contributed by atoms with Crippen LogP contribution in [0.1, 0.15) is 51.4 Å². The molecular weight excluding hydrogens is 310 g/mol. The summed E-state index contributed by atoms with van der Waals surface area (Å²) in [5, 5.41) is 3.27. The van der Waals surface area contributed by atoms with Crippen molar-refractivity contribution in [3.05, 3.63) is 30.3 Å². The minimum Gasteiger partial charge on any atom is -0.371 e. The van der Waals surface area contributed by atoms with Gasteiger partial charge >= 0.3 is 0 Å². The Labute approximate surface area is 152 Å². The third-order valence-electron chi connectivity index (χ3n) is 5.59. The highest BCUT2D eigenvalue weighted by Gasteiger charge is 2.21. The fraction of sp³-hybridized carbons (Fsp3) is 0.667. The molecule has 1 aromatic carbocycles. The SMILES string of the molecule is O=C(CCN1CCCCCCC1)NC1CCN(c2ccccc2)CC1. The average molecular weight is 344 g/mol. The number of nitrogens with zero attached hydrogens (tertiary/aromatic N) is 2. The Bertz CT molecular complexity index is 503. The molecule has 4 heteroatoms. The highest BCUT2D eigenvalue weighted by atomic mass is 16.1. The summed E-state index contributed by atoms with van der Waals surface area (Å²) in [5.74, 6) is 0.236. The maximum absolute atomic E-state index is 12.3. The minimum atomic E-state index is 0.236. The van der Waals surface area contributed by atoms with Crippen LogP contribution in [0.25, 0.3) is 0 Å². The fourth-order valence-corrected chi connectivity index (χ4v) is 4.02. The van der Waals surface area contributed by atoms with E-state index in [4.69, 9.17) is 0 Å². The molecule has 0 bridgehead atoms. The van der Waals surface area contributed by atoms with Gasteiger partial charge in [-0.3, -0.25) is 4.79 Å². The second-order valence-electron chi connectivity index (χ2n) is 7.52. The highest BCUT2D eigenvalue weighted by Crippen LogP contribution is 2.19. The van der Waals surface area contributed by atoms with Gasteiger partial charge in [-0.25, -0.2) is 0 Å². The molecule has 0 unspecified atom stereocenters. The first-order valence-corrected chi connectivity index (χ1v) is 10.1. The van der Waals surface area contributed by atoms with E-state index in [0.717, 1.165) is 32.5 Å². The van der Waals surface area contributed by atoms with Gasteiger partial charge in [0.2, 0.25) is 5.91 Å². The van der Waals surface area contributed by atoms with Gasteiger partial charge in [-0.2, -0.15) is 0 Å². The smallest absolute Gasteiger partial charge is 0.221 e. The molecule has 0 radical (unpaired) electrons. The van der Waals surface area contributed by atoms with E-state index >= 15 is 0 Å². The molecule has 2 saturated heterocycles. The first kappa shape index (κ1) is 18.2. The van der Waals surface area contributed by atoms with Crippen molar-refractivity contribution in [3.63, 3.8) is 0 Å². The Morgan fingerprint density at radius 1 is 0.920 bits per heavy atom. The van der Waals surface area contributed by atoms with Gasteiger partial charge in [-0.15, -0.1) is 0 Å². The van der Waals surface area contributed by atoms with Crippen LogP contribution < -0.4 is 10.2 Å². The lowest BCUT2D eigenvalue weighted by Gasteiger charge is -2.34. The van der Waals surface area contributed by atoms with E-state index in [1.54, 1.807) is 0 Å². The Hall–Kier alpha value is -1.55. The monoisotopic (exact) mass is 343 g/mol. The molecule has 4 nitrogen and oxygen atoms in total. The van der Waals surface area contributed by atoms with Gasteiger partial charge < -0.3 is 15.1 Å². The van der Waals surface area contributed by atoms with Gasteiger partial charge in [0.1, 0.15) is 0 Å². The van der Waals surface area contributed by atoms with Crippen LogP contribution in [0.4, 0.5) is 5.69 Å². The number of anilines is 1. The van der Waals surface area contributed by atoms with E-state index < -0.39 is 0 Å². The van der Waals surface area contributed by atoms with Gasteiger partial charge in [0.05, 0.1) is 0 Å². The molecule has 2 aliphatic heterocycles. The highest BCUT2D eigenvalue weighted by molar-refractivity contribution is 5.76. The number of rotatable bonds is 5. The third-order valence-corrected chi connectivity index (χ3v) is 5.59. The third kappa shape index (κ3) is 6.03. The maximum atomic E-state index is 12.3. The first-order chi connectivity index (χ1) is 12.3. The molecule has 1 N–H and O–H groups in total. The molecule has 1 aromatic rings. The predicted octanol–water partition coefficient (Wildman–Crippen LogP) is 3.43. The van der Waals surface area contributed by atoms with Crippen molar-refractivity contribution < 1.29 is 4.79 Å². The molecule has 2 heterocycles. The van der Waals surface area contributed by atoms with Gasteiger partial charge in [-0.1, -0.05) is 37.5 Å². The van der Waals surface area contributed by atoms with Crippen LogP contribution in [0.15, 0.2) is 30.3 Å². The molecule has 0 aromatic heterocycles. The zero-order chi connectivity index (χ0) is 17.3. The normalized spacial score (nSPS) is 20.7. The lowest BCUT2D eigenvalue weighted by Crippen LogP contribution is -2.45. The summed E-state index contributed by atoms with van der Waals surface area (Å²) in [6.07, 6.45) is 9.41. The molecule has 3 rings (SSSR count). The zero-order valence-corrected chi connectivity index (χ0v) is 15.5. The quantitative estimate of drug-likeness (QED) is 0.890. The number of likely N-dealkylation sites (tertiary alicyclic amines) is 1. The number of benzene rings is 1. The Morgan fingerprint density at radius 3 is 2.24 bits per heavy atom. The van der Waals surface area contributed by atoms with Crippen molar-refractivity contribution in [2.45, 2.75) is 57.4 Å². The van der Waals surface area contributed by atoms with Crippen molar-refractivity contribution in [3.8, 4) is 0 Å². The maximum Gasteiger partial charge on any atom is 0.221 e. The fourth-order valence-electron chi connectivity index (χ4n) is 4.02. The predicted molar refractivity (Wildman–Crippen MR) is 104 cm³/mol. The molecular formula is C21H33N3O. The largest absolute Gasteiger partial charge is 0.371 e. The van der Waals surface area contributed by atoms with E-state index in [9.17, 15) is 4.79 Å². The first-order valence-electron chi connectivity index (χ1n) is 10.1. The Kier molecular flexibility index (Phi) is 7.16. The second-order valence-corrected chi connectivity index (χ2v) is 7.52. The standard InChI is InChI=1S/C21H33N3O/c25-21(13-16-23-14-7-2-1-3-8-15-23)22-19-11-17-24(18-12-19)20-9-5-4-6-10-20/h4-6,9-10,19H,1-3,7-8,11-18H2,(H,22,25). The lowest BCUT2D eigenvalue weighted by atomic mass is 10.0. The summed E-state index contributed by atoms with van der Waals surface area (Å²) in [5.41, 5.74) is 1.30. The number of carbonyl (C=O) groups is 1. The van der Waals surface area contributed by atoms with Crippen LogP contribution in [0, 0.1) is 0 Å². The number of piperidine rings is 1. The summed E-state index contributed by atoms with van der Waals surface area (Å²) < 4.78 is 0. The van der Waals surface area contributed by atoms with Crippen molar-refractivity contribution in [1.82, 2.24) is 10.2 Å². The summed E-state index contributed by atoms with van der Waals surface area (Å²) in [7, 11) is 0. The number of carbonyl (C=O) groups excluding carboxylic acids is 1. The van der Waals surface area contributed by atoms with Crippen LogP contribution in [-0.2, 0) is 4.79 Å². The minimum absolute atomic E-state index is 0.236. The average Bonchev–Trinajstić information content (AvgIpc) is 2.62. The lowest BCUT2D eigenvalue weighted by molar-refractivity contribution is -0.122. The zero-order valence-electron chi connectivity index (χ0n) is 15.5. The summed E-state index contributed by atoms with van der Waals surface area (Å²) in [4.78, 5) is 17.2. The summed E-state index contributed by atoms with van der Waals surface area (Å²) >= 11 is 0. The second kappa shape index (κ2) is 9.81. The van der Waals surface area contributed by atoms with Crippen molar-refractivity contribution in [1.29, 1.82) is 0 Å². The van der Waals surface area contributed by atoms with Crippen LogP contribution in [0.5, 0.6) is 0 Å². The molecule has 2 fully saturated rings. The topological polar surface area (TPSA) is 35.6 Å². The molecule has 1 amide bonds. The van der Waals surface area contributed by atoms with E-state index in [1.807, 2.05) is 0 Å². The van der Waals surface area contributed by atoms with Gasteiger partial charge in [0.15, 0.2) is 0 Å². The molecule has 25 heavy (non-hydrogen) atoms. The van der Waals surface area contributed by atoms with Gasteiger partial charge in [0.25, 0.3) is 0 Å². The molecule has 0 spiro atoms. The summed E-state index contributed by atoms with van der Waals surface area (Å²) in [6.45, 7) is 5.32. The van der Waals surface area contributed by atoms with Gasteiger partial charge in [-0.05, 0) is 50.9 Å². The molecule has 2 aliphatic rings. The molecule has 138 valence electrons. The Morgan fingerprint density at radius 2 is 1.56 bits per heavy atom. The molecule has 0 aliphatic carbocycles.